The van der Waals surface area contributed by atoms with Crippen LogP contribution < -0.4 is 5.73 Å². The third-order valence-corrected chi connectivity index (χ3v) is 6.53. The molecule has 1 fully saturated rings. The average Bonchev–Trinajstić information content (AvgIpc) is 3.47. The van der Waals surface area contributed by atoms with Gasteiger partial charge < -0.3 is 25.4 Å². The number of benzene rings is 2. The van der Waals surface area contributed by atoms with E-state index in [0.29, 0.717) is 17.8 Å². The molecule has 9 nitrogen and oxygen atoms in total. The fraction of sp³-hybridized carbons (Fsp3) is 0.348. The molecule has 32 heavy (non-hydrogen) atoms. The summed E-state index contributed by atoms with van der Waals surface area (Å²) in [5.74, 6) is 0.502. The van der Waals surface area contributed by atoms with E-state index in [1.807, 2.05) is 0 Å². The molecule has 2 aliphatic rings. The Labute approximate surface area is 183 Å². The van der Waals surface area contributed by atoms with Crippen molar-refractivity contribution in [1.82, 2.24) is 19.5 Å². The lowest BCUT2D eigenvalue weighted by Crippen LogP contribution is -2.34. The van der Waals surface area contributed by atoms with Crippen molar-refractivity contribution >= 4 is 27.8 Å². The molecule has 164 valence electrons. The molecule has 9 heteroatoms. The molecule has 0 amide bonds. The topological polar surface area (TPSA) is 129 Å². The first-order valence-corrected chi connectivity index (χ1v) is 10.6. The Kier molecular flexibility index (Phi) is 4.58. The lowest BCUT2D eigenvalue weighted by molar-refractivity contribution is -0.0668. The van der Waals surface area contributed by atoms with E-state index in [-0.39, 0.29) is 18.3 Å². The number of nitrogen functional groups attached to an aromatic ring is 1. The smallest absolute Gasteiger partial charge is 0.167 e. The number of imidazole rings is 1. The van der Waals surface area contributed by atoms with Gasteiger partial charge in [-0.15, -0.1) is 0 Å². The normalized spacial score (nSPS) is 27.0. The minimum Gasteiger partial charge on any atom is -0.387 e. The van der Waals surface area contributed by atoms with Gasteiger partial charge in [0.2, 0.25) is 0 Å². The molecule has 1 aliphatic carbocycles. The van der Waals surface area contributed by atoms with Gasteiger partial charge in [-0.3, -0.25) is 4.57 Å². The molecule has 6 rings (SSSR count). The van der Waals surface area contributed by atoms with Crippen molar-refractivity contribution in [2.75, 3.05) is 18.9 Å². The number of hydrogen-bond donors (Lipinski definition) is 3. The molecular weight excluding hydrogens is 410 g/mol. The largest absolute Gasteiger partial charge is 0.387 e. The Balaban J connectivity index is 1.15. The second-order valence-corrected chi connectivity index (χ2v) is 8.43. The van der Waals surface area contributed by atoms with Crippen LogP contribution in [0.1, 0.15) is 23.3 Å². The van der Waals surface area contributed by atoms with Gasteiger partial charge >= 0.3 is 0 Å². The van der Waals surface area contributed by atoms with Crippen molar-refractivity contribution in [3.63, 3.8) is 0 Å². The fourth-order valence-corrected chi connectivity index (χ4v) is 4.96. The summed E-state index contributed by atoms with van der Waals surface area (Å²) in [6.07, 6.45) is -0.0289. The average molecular weight is 433 g/mol. The SMILES string of the molecule is Nc1ncnc2c1ncn2[C@@H]1O[C@H](COCC2Cc3cccc4cccc2c34)[C@@H](O)[C@H]1O. The molecule has 4 N–H and O–H groups in total. The van der Waals surface area contributed by atoms with Crippen LogP contribution >= 0.6 is 0 Å². The van der Waals surface area contributed by atoms with Crippen molar-refractivity contribution < 1.29 is 19.7 Å². The third kappa shape index (κ3) is 2.97. The molecule has 0 radical (unpaired) electrons. The van der Waals surface area contributed by atoms with Gasteiger partial charge in [0, 0.05) is 5.92 Å². The number of rotatable bonds is 5. The molecule has 4 aromatic rings. The highest BCUT2D eigenvalue weighted by atomic mass is 16.6. The van der Waals surface area contributed by atoms with Crippen LogP contribution in [0.3, 0.4) is 0 Å². The van der Waals surface area contributed by atoms with Crippen molar-refractivity contribution in [2.24, 2.45) is 0 Å². The van der Waals surface area contributed by atoms with Crippen molar-refractivity contribution in [2.45, 2.75) is 36.9 Å². The summed E-state index contributed by atoms with van der Waals surface area (Å²) in [5, 5.41) is 23.7. The van der Waals surface area contributed by atoms with Crippen LogP contribution in [0.5, 0.6) is 0 Å². The maximum Gasteiger partial charge on any atom is 0.167 e. The van der Waals surface area contributed by atoms with Crippen LogP contribution in [0.4, 0.5) is 5.82 Å². The Morgan fingerprint density at radius 1 is 1.06 bits per heavy atom. The first-order chi connectivity index (χ1) is 15.6. The highest BCUT2D eigenvalue weighted by molar-refractivity contribution is 5.91. The second kappa shape index (κ2) is 7.49. The molecule has 2 aromatic heterocycles. The molecule has 2 aromatic carbocycles. The standard InChI is InChI=1S/C23H23N5O4/c24-21-18-22(26-10-25-21)28(11-27-18)23-20(30)19(29)16(32-23)9-31-8-14-7-13-5-1-3-12-4-2-6-15(14)17(12)13/h1-6,10-11,14,16,19-20,23,29-30H,7-9H2,(H2,24,25,26)/t14?,16-,19-,20-,23-/m1/s1. The van der Waals surface area contributed by atoms with E-state index >= 15 is 0 Å². The molecule has 0 spiro atoms. The Bertz CT molecular complexity index is 1300. The van der Waals surface area contributed by atoms with Gasteiger partial charge in [-0.2, -0.15) is 0 Å². The summed E-state index contributed by atoms with van der Waals surface area (Å²) in [5.41, 5.74) is 9.34. The summed E-state index contributed by atoms with van der Waals surface area (Å²) < 4.78 is 13.5. The van der Waals surface area contributed by atoms with Gasteiger partial charge in [0.05, 0.1) is 19.5 Å². The van der Waals surface area contributed by atoms with E-state index in [9.17, 15) is 10.2 Å². The predicted octanol–water partition coefficient (Wildman–Crippen LogP) is 1.54. The Morgan fingerprint density at radius 3 is 2.78 bits per heavy atom. The van der Waals surface area contributed by atoms with Crippen LogP contribution in [0.2, 0.25) is 0 Å². The molecule has 0 bridgehead atoms. The number of aromatic nitrogens is 4. The van der Waals surface area contributed by atoms with Crippen LogP contribution in [0, 0.1) is 0 Å². The van der Waals surface area contributed by atoms with Crippen LogP contribution in [0.25, 0.3) is 21.9 Å². The first-order valence-electron chi connectivity index (χ1n) is 10.6. The molecule has 0 saturated carbocycles. The minimum absolute atomic E-state index is 0.168. The first kappa shape index (κ1) is 19.6. The number of aliphatic hydroxyl groups excluding tert-OH is 2. The lowest BCUT2D eigenvalue weighted by atomic mass is 10.0. The zero-order chi connectivity index (χ0) is 21.8. The summed E-state index contributed by atoms with van der Waals surface area (Å²) in [7, 11) is 0. The number of hydrogen-bond acceptors (Lipinski definition) is 8. The Morgan fingerprint density at radius 2 is 1.91 bits per heavy atom. The van der Waals surface area contributed by atoms with E-state index in [2.05, 4.69) is 51.4 Å². The van der Waals surface area contributed by atoms with Crippen molar-refractivity contribution in [3.8, 4) is 0 Å². The zero-order valence-electron chi connectivity index (χ0n) is 17.2. The monoisotopic (exact) mass is 433 g/mol. The molecule has 5 atom stereocenters. The molecule has 1 aliphatic heterocycles. The molecule has 1 unspecified atom stereocenters. The molecular formula is C23H23N5O4. The van der Waals surface area contributed by atoms with Crippen molar-refractivity contribution in [3.05, 3.63) is 60.2 Å². The van der Waals surface area contributed by atoms with E-state index in [1.54, 1.807) is 4.57 Å². The predicted molar refractivity (Wildman–Crippen MR) is 117 cm³/mol. The van der Waals surface area contributed by atoms with Gasteiger partial charge in [-0.25, -0.2) is 15.0 Å². The van der Waals surface area contributed by atoms with E-state index < -0.39 is 24.5 Å². The van der Waals surface area contributed by atoms with Gasteiger partial charge in [0.1, 0.15) is 30.2 Å². The Hall–Kier alpha value is -3.11. The lowest BCUT2D eigenvalue weighted by Gasteiger charge is -2.17. The number of nitrogens with zero attached hydrogens (tertiary/aromatic N) is 4. The molecule has 3 heterocycles. The van der Waals surface area contributed by atoms with Crippen LogP contribution in [0.15, 0.2) is 49.1 Å². The maximum absolute atomic E-state index is 10.6. The van der Waals surface area contributed by atoms with Gasteiger partial charge in [-0.1, -0.05) is 36.4 Å². The van der Waals surface area contributed by atoms with Gasteiger partial charge in [0.15, 0.2) is 17.7 Å². The quantitative estimate of drug-likeness (QED) is 0.432. The summed E-state index contributed by atoms with van der Waals surface area (Å²) in [4.78, 5) is 12.3. The number of ether oxygens (including phenoxy) is 2. The van der Waals surface area contributed by atoms with E-state index in [4.69, 9.17) is 15.2 Å². The highest BCUT2D eigenvalue weighted by Gasteiger charge is 2.44. The summed E-state index contributed by atoms with van der Waals surface area (Å²) in [6, 6.07) is 12.8. The highest BCUT2D eigenvalue weighted by Crippen LogP contribution is 2.38. The summed E-state index contributed by atoms with van der Waals surface area (Å²) in [6.45, 7) is 0.681. The number of anilines is 1. The molecule has 1 saturated heterocycles. The van der Waals surface area contributed by atoms with E-state index in [1.165, 1.54) is 34.6 Å². The van der Waals surface area contributed by atoms with Gasteiger partial charge in [-0.05, 0) is 28.3 Å². The van der Waals surface area contributed by atoms with Gasteiger partial charge in [0.25, 0.3) is 0 Å². The zero-order valence-corrected chi connectivity index (χ0v) is 17.2. The van der Waals surface area contributed by atoms with Crippen LogP contribution in [-0.4, -0.2) is 61.3 Å². The van der Waals surface area contributed by atoms with Crippen LogP contribution in [-0.2, 0) is 15.9 Å². The number of nitrogens with two attached hydrogens (primary N) is 1. The minimum atomic E-state index is -1.15. The fourth-order valence-electron chi connectivity index (χ4n) is 4.96. The second-order valence-electron chi connectivity index (χ2n) is 8.43. The number of fused-ring (bicyclic) bond motifs is 1. The summed E-state index contributed by atoms with van der Waals surface area (Å²) >= 11 is 0. The van der Waals surface area contributed by atoms with E-state index in [0.717, 1.165) is 6.42 Å². The maximum atomic E-state index is 10.6. The number of aliphatic hydroxyl groups is 2. The van der Waals surface area contributed by atoms with Crippen molar-refractivity contribution in [1.29, 1.82) is 0 Å². The third-order valence-electron chi connectivity index (χ3n) is 6.53.